The third-order valence-corrected chi connectivity index (χ3v) is 5.08. The lowest BCUT2D eigenvalue weighted by Gasteiger charge is -2.34. The zero-order valence-electron chi connectivity index (χ0n) is 12.9. The highest BCUT2D eigenvalue weighted by Gasteiger charge is 2.24. The molecule has 2 fully saturated rings. The first kappa shape index (κ1) is 15.8. The Labute approximate surface area is 123 Å². The van der Waals surface area contributed by atoms with E-state index in [4.69, 9.17) is 0 Å². The van der Waals surface area contributed by atoms with Gasteiger partial charge in [0, 0.05) is 38.7 Å². The van der Waals surface area contributed by atoms with Crippen LogP contribution in [0.3, 0.4) is 0 Å². The average molecular weight is 282 g/mol. The molecule has 1 amide bonds. The molecule has 1 N–H and O–H groups in total. The molecule has 1 saturated heterocycles. The Hall–Kier alpha value is -0.610. The molecule has 0 aromatic carbocycles. The first-order valence-corrected chi connectivity index (χ1v) is 8.29. The summed E-state index contributed by atoms with van der Waals surface area (Å²) >= 11 is 0. The van der Waals surface area contributed by atoms with Crippen LogP contribution in [0.15, 0.2) is 0 Å². The van der Waals surface area contributed by atoms with Crippen molar-refractivity contribution in [2.45, 2.75) is 57.4 Å². The topological polar surface area (TPSA) is 43.8 Å². The van der Waals surface area contributed by atoms with E-state index in [1.807, 2.05) is 4.90 Å². The van der Waals surface area contributed by atoms with Gasteiger partial charge in [-0.3, -0.25) is 4.79 Å². The van der Waals surface area contributed by atoms with E-state index in [1.54, 1.807) is 0 Å². The van der Waals surface area contributed by atoms with E-state index in [1.165, 1.54) is 32.1 Å². The maximum Gasteiger partial charge on any atom is 0.223 e. The summed E-state index contributed by atoms with van der Waals surface area (Å²) in [7, 11) is 2.15. The van der Waals surface area contributed by atoms with E-state index in [9.17, 15) is 9.90 Å². The summed E-state index contributed by atoms with van der Waals surface area (Å²) < 4.78 is 0. The zero-order chi connectivity index (χ0) is 14.4. The summed E-state index contributed by atoms with van der Waals surface area (Å²) in [6, 6.07) is 0.604. The number of likely N-dealkylation sites (tertiary alicyclic amines) is 1. The van der Waals surface area contributed by atoms with E-state index < -0.39 is 0 Å². The SMILES string of the molecule is CN(CCC(=O)N1CCCCC1)C1CCC(CO)CC1. The van der Waals surface area contributed by atoms with Crippen LogP contribution in [0, 0.1) is 5.92 Å². The van der Waals surface area contributed by atoms with Gasteiger partial charge in [-0.05, 0) is 57.9 Å². The molecule has 1 aliphatic carbocycles. The molecule has 1 saturated carbocycles. The molecule has 1 aliphatic heterocycles. The minimum absolute atomic E-state index is 0.334. The fraction of sp³-hybridized carbons (Fsp3) is 0.938. The van der Waals surface area contributed by atoms with Crippen molar-refractivity contribution in [3.8, 4) is 0 Å². The fourth-order valence-corrected chi connectivity index (χ4v) is 3.52. The number of carbonyl (C=O) groups is 1. The number of aliphatic hydroxyl groups is 1. The van der Waals surface area contributed by atoms with Crippen molar-refractivity contribution in [1.29, 1.82) is 0 Å². The van der Waals surface area contributed by atoms with Gasteiger partial charge in [0.2, 0.25) is 5.91 Å². The largest absolute Gasteiger partial charge is 0.396 e. The predicted molar refractivity (Wildman–Crippen MR) is 80.5 cm³/mol. The molecule has 0 radical (unpaired) electrons. The summed E-state index contributed by atoms with van der Waals surface area (Å²) in [4.78, 5) is 16.5. The average Bonchev–Trinajstić information content (AvgIpc) is 2.53. The van der Waals surface area contributed by atoms with Crippen LogP contribution in [0.25, 0.3) is 0 Å². The Balaban J connectivity index is 1.66. The number of hydrogen-bond acceptors (Lipinski definition) is 3. The van der Waals surface area contributed by atoms with E-state index >= 15 is 0 Å². The van der Waals surface area contributed by atoms with Crippen molar-refractivity contribution in [1.82, 2.24) is 9.80 Å². The van der Waals surface area contributed by atoms with Crippen LogP contribution >= 0.6 is 0 Å². The number of carbonyl (C=O) groups excluding carboxylic acids is 1. The zero-order valence-corrected chi connectivity index (χ0v) is 12.9. The Morgan fingerprint density at radius 3 is 2.40 bits per heavy atom. The molecular weight excluding hydrogens is 252 g/mol. The second-order valence-corrected chi connectivity index (χ2v) is 6.53. The first-order chi connectivity index (χ1) is 9.70. The lowest BCUT2D eigenvalue weighted by molar-refractivity contribution is -0.132. The van der Waals surface area contributed by atoms with Crippen molar-refractivity contribution in [3.05, 3.63) is 0 Å². The molecule has 0 atom stereocenters. The second-order valence-electron chi connectivity index (χ2n) is 6.53. The van der Waals surface area contributed by atoms with Crippen molar-refractivity contribution >= 4 is 5.91 Å². The van der Waals surface area contributed by atoms with E-state index in [0.717, 1.165) is 32.5 Å². The van der Waals surface area contributed by atoms with Gasteiger partial charge in [-0.15, -0.1) is 0 Å². The molecule has 2 rings (SSSR count). The molecule has 4 heteroatoms. The van der Waals surface area contributed by atoms with E-state index in [2.05, 4.69) is 11.9 Å². The normalized spacial score (nSPS) is 27.9. The van der Waals surface area contributed by atoms with E-state index in [0.29, 0.717) is 30.9 Å². The Kier molecular flexibility index (Phi) is 6.30. The van der Waals surface area contributed by atoms with Crippen LogP contribution in [0.2, 0.25) is 0 Å². The highest BCUT2D eigenvalue weighted by atomic mass is 16.3. The van der Waals surface area contributed by atoms with Gasteiger partial charge < -0.3 is 14.9 Å². The van der Waals surface area contributed by atoms with Crippen LogP contribution in [-0.4, -0.2) is 60.1 Å². The molecule has 0 unspecified atom stereocenters. The van der Waals surface area contributed by atoms with Gasteiger partial charge in [-0.25, -0.2) is 0 Å². The summed E-state index contributed by atoms with van der Waals surface area (Å²) in [6.45, 7) is 3.14. The molecule has 0 aromatic rings. The van der Waals surface area contributed by atoms with Gasteiger partial charge >= 0.3 is 0 Å². The van der Waals surface area contributed by atoms with Crippen LogP contribution in [0.5, 0.6) is 0 Å². The van der Waals surface area contributed by atoms with Crippen LogP contribution in [-0.2, 0) is 4.79 Å². The predicted octanol–water partition coefficient (Wildman–Crippen LogP) is 1.87. The standard InChI is InChI=1S/C16H30N2O2/c1-17(15-7-5-14(13-19)6-8-15)12-9-16(20)18-10-3-2-4-11-18/h14-15,19H,2-13H2,1H3. The van der Waals surface area contributed by atoms with Crippen molar-refractivity contribution < 1.29 is 9.90 Å². The van der Waals surface area contributed by atoms with Crippen molar-refractivity contribution in [3.63, 3.8) is 0 Å². The number of hydrogen-bond donors (Lipinski definition) is 1. The molecule has 116 valence electrons. The minimum Gasteiger partial charge on any atom is -0.396 e. The summed E-state index contributed by atoms with van der Waals surface area (Å²) in [5.41, 5.74) is 0. The van der Waals surface area contributed by atoms with Crippen LogP contribution in [0.1, 0.15) is 51.4 Å². The van der Waals surface area contributed by atoms with Crippen LogP contribution in [0.4, 0.5) is 0 Å². The van der Waals surface area contributed by atoms with Crippen LogP contribution < -0.4 is 0 Å². The summed E-state index contributed by atoms with van der Waals surface area (Å²) in [6.07, 6.45) is 8.88. The summed E-state index contributed by atoms with van der Waals surface area (Å²) in [5, 5.41) is 9.17. The maximum atomic E-state index is 12.1. The van der Waals surface area contributed by atoms with Crippen molar-refractivity contribution in [2.24, 2.45) is 5.92 Å². The smallest absolute Gasteiger partial charge is 0.223 e. The fourth-order valence-electron chi connectivity index (χ4n) is 3.52. The molecule has 4 nitrogen and oxygen atoms in total. The Morgan fingerprint density at radius 1 is 1.15 bits per heavy atom. The van der Waals surface area contributed by atoms with Gasteiger partial charge in [0.25, 0.3) is 0 Å². The number of aliphatic hydroxyl groups excluding tert-OH is 1. The van der Waals surface area contributed by atoms with Gasteiger partial charge in [-0.2, -0.15) is 0 Å². The highest BCUT2D eigenvalue weighted by molar-refractivity contribution is 5.76. The Morgan fingerprint density at radius 2 is 1.80 bits per heavy atom. The monoisotopic (exact) mass is 282 g/mol. The summed E-state index contributed by atoms with van der Waals surface area (Å²) in [5.74, 6) is 0.843. The molecule has 1 heterocycles. The molecule has 0 bridgehead atoms. The second kappa shape index (κ2) is 7.99. The Bertz CT molecular complexity index is 295. The van der Waals surface area contributed by atoms with E-state index in [-0.39, 0.29) is 0 Å². The number of rotatable bonds is 5. The molecule has 2 aliphatic rings. The minimum atomic E-state index is 0.334. The third kappa shape index (κ3) is 4.45. The molecular formula is C16H30N2O2. The third-order valence-electron chi connectivity index (χ3n) is 5.08. The number of piperidine rings is 1. The number of nitrogens with zero attached hydrogens (tertiary/aromatic N) is 2. The lowest BCUT2D eigenvalue weighted by Crippen LogP contribution is -2.40. The van der Waals surface area contributed by atoms with Gasteiger partial charge in [0.05, 0.1) is 0 Å². The molecule has 0 spiro atoms. The number of amides is 1. The maximum absolute atomic E-state index is 12.1. The quantitative estimate of drug-likeness (QED) is 0.837. The van der Waals surface area contributed by atoms with Gasteiger partial charge in [-0.1, -0.05) is 0 Å². The van der Waals surface area contributed by atoms with Crippen molar-refractivity contribution in [2.75, 3.05) is 33.3 Å². The van der Waals surface area contributed by atoms with Gasteiger partial charge in [0.15, 0.2) is 0 Å². The molecule has 0 aromatic heterocycles. The van der Waals surface area contributed by atoms with Gasteiger partial charge in [0.1, 0.15) is 0 Å². The highest BCUT2D eigenvalue weighted by Crippen LogP contribution is 2.26. The first-order valence-electron chi connectivity index (χ1n) is 8.29. The lowest BCUT2D eigenvalue weighted by atomic mass is 9.86. The molecule has 20 heavy (non-hydrogen) atoms.